The lowest BCUT2D eigenvalue weighted by Gasteiger charge is -2.36. The van der Waals surface area contributed by atoms with Crippen molar-refractivity contribution in [3.05, 3.63) is 114 Å². The van der Waals surface area contributed by atoms with Gasteiger partial charge in [0.25, 0.3) is 0 Å². The Balaban J connectivity index is 1.95. The number of rotatable bonds is 8. The van der Waals surface area contributed by atoms with E-state index in [4.69, 9.17) is 0 Å². The molecule has 0 aliphatic heterocycles. The third kappa shape index (κ3) is 3.97. The molecule has 0 unspecified atom stereocenters. The summed E-state index contributed by atoms with van der Waals surface area (Å²) in [6, 6.07) is 30.6. The van der Waals surface area contributed by atoms with Crippen LogP contribution in [-0.2, 0) is 16.9 Å². The largest absolute Gasteiger partial charge is 0.349 e. The number of carbonyl (C=O) groups excluding carboxylic acids is 1. The lowest BCUT2D eigenvalue weighted by Crippen LogP contribution is -2.41. The summed E-state index contributed by atoms with van der Waals surface area (Å²) in [5.41, 5.74) is 2.29. The summed E-state index contributed by atoms with van der Waals surface area (Å²) in [5, 5.41) is 15.7. The molecule has 31 heavy (non-hydrogen) atoms. The first kappa shape index (κ1) is 20.5. The average Bonchev–Trinajstić information content (AvgIpc) is 3.30. The molecule has 0 fully saturated rings. The lowest BCUT2D eigenvalue weighted by molar-refractivity contribution is -0.121. The topological polar surface area (TPSA) is 72.7 Å². The normalized spacial score (nSPS) is 11.3. The number of carbonyl (C=O) groups is 1. The molecule has 6 heteroatoms. The van der Waals surface area contributed by atoms with Crippen LogP contribution in [0, 0.1) is 0 Å². The summed E-state index contributed by atoms with van der Waals surface area (Å²) < 4.78 is 1.83. The Morgan fingerprint density at radius 2 is 1.32 bits per heavy atom. The molecule has 0 aliphatic carbocycles. The van der Waals surface area contributed by atoms with Gasteiger partial charge in [0, 0.05) is 6.42 Å². The summed E-state index contributed by atoms with van der Waals surface area (Å²) in [7, 11) is 0. The Kier molecular flexibility index (Phi) is 6.17. The minimum absolute atomic E-state index is 0.0122. The number of nitrogens with zero attached hydrogens (tertiary/aromatic N) is 4. The number of hydrogen-bond acceptors (Lipinski definition) is 4. The smallest absolute Gasteiger partial charge is 0.220 e. The van der Waals surface area contributed by atoms with E-state index in [1.807, 2.05) is 66.2 Å². The van der Waals surface area contributed by atoms with Gasteiger partial charge >= 0.3 is 0 Å². The fraction of sp³-hybridized carbons (Fsp3) is 0.200. The first-order chi connectivity index (χ1) is 15.3. The van der Waals surface area contributed by atoms with Crippen LogP contribution in [0.2, 0.25) is 0 Å². The van der Waals surface area contributed by atoms with E-state index >= 15 is 0 Å². The van der Waals surface area contributed by atoms with Crippen LogP contribution in [0.5, 0.6) is 0 Å². The lowest BCUT2D eigenvalue weighted by atomic mass is 9.77. The fourth-order valence-corrected chi connectivity index (χ4v) is 3.97. The van der Waals surface area contributed by atoms with Crippen molar-refractivity contribution in [2.24, 2.45) is 0 Å². The predicted molar refractivity (Wildman–Crippen MR) is 119 cm³/mol. The van der Waals surface area contributed by atoms with E-state index in [1.54, 1.807) is 0 Å². The summed E-state index contributed by atoms with van der Waals surface area (Å²) in [6.45, 7) is 2.23. The zero-order valence-electron chi connectivity index (χ0n) is 17.5. The first-order valence-corrected chi connectivity index (χ1v) is 10.5. The van der Waals surface area contributed by atoms with Crippen molar-refractivity contribution in [2.75, 3.05) is 0 Å². The molecule has 1 aromatic heterocycles. The molecular weight excluding hydrogens is 386 g/mol. The Morgan fingerprint density at radius 1 is 0.839 bits per heavy atom. The molecule has 156 valence electrons. The van der Waals surface area contributed by atoms with Crippen molar-refractivity contribution in [2.45, 2.75) is 31.8 Å². The van der Waals surface area contributed by atoms with Gasteiger partial charge in [-0.15, -0.1) is 5.10 Å². The number of hydrogen-bond donors (Lipinski definition) is 1. The van der Waals surface area contributed by atoms with E-state index in [1.165, 1.54) is 0 Å². The third-order valence-electron chi connectivity index (χ3n) is 5.35. The van der Waals surface area contributed by atoms with Crippen molar-refractivity contribution in [3.8, 4) is 0 Å². The maximum Gasteiger partial charge on any atom is 0.220 e. The quantitative estimate of drug-likeness (QED) is 0.446. The molecule has 1 amide bonds. The first-order valence-electron chi connectivity index (χ1n) is 10.5. The van der Waals surface area contributed by atoms with Crippen molar-refractivity contribution in [3.63, 3.8) is 0 Å². The van der Waals surface area contributed by atoms with E-state index < -0.39 is 5.54 Å². The van der Waals surface area contributed by atoms with E-state index in [2.05, 4.69) is 57.2 Å². The van der Waals surface area contributed by atoms with Gasteiger partial charge in [0.15, 0.2) is 5.82 Å². The van der Waals surface area contributed by atoms with Gasteiger partial charge in [-0.05, 0) is 33.5 Å². The van der Waals surface area contributed by atoms with Crippen molar-refractivity contribution >= 4 is 5.91 Å². The minimum Gasteiger partial charge on any atom is -0.349 e. The second-order valence-electron chi connectivity index (χ2n) is 7.34. The Labute approximate surface area is 181 Å². The van der Waals surface area contributed by atoms with Crippen LogP contribution in [0.15, 0.2) is 91.0 Å². The van der Waals surface area contributed by atoms with Crippen LogP contribution in [0.4, 0.5) is 0 Å². The van der Waals surface area contributed by atoms with Crippen LogP contribution in [0.25, 0.3) is 0 Å². The van der Waals surface area contributed by atoms with Crippen LogP contribution in [0.1, 0.15) is 42.3 Å². The van der Waals surface area contributed by atoms with E-state index in [-0.39, 0.29) is 12.5 Å². The monoisotopic (exact) mass is 411 g/mol. The van der Waals surface area contributed by atoms with Crippen LogP contribution < -0.4 is 5.32 Å². The van der Waals surface area contributed by atoms with Gasteiger partial charge in [-0.2, -0.15) is 0 Å². The fourth-order valence-electron chi connectivity index (χ4n) is 3.97. The standard InChI is InChI=1S/C25H25N5O/c1-2-12-24(31)26-19-23-27-28-29-30(23)25(20-13-6-3-7-14-20,21-15-8-4-9-16-21)22-17-10-5-11-18-22/h3-11,13-18H,2,12,19H2,1H3,(H,26,31). The average molecular weight is 412 g/mol. The van der Waals surface area contributed by atoms with Crippen LogP contribution in [0.3, 0.4) is 0 Å². The molecule has 1 N–H and O–H groups in total. The maximum absolute atomic E-state index is 12.1. The Bertz CT molecular complexity index is 1010. The van der Waals surface area contributed by atoms with Gasteiger partial charge < -0.3 is 5.32 Å². The molecule has 1 heterocycles. The van der Waals surface area contributed by atoms with E-state index in [0.717, 1.165) is 23.1 Å². The van der Waals surface area contributed by atoms with E-state index in [0.29, 0.717) is 12.2 Å². The van der Waals surface area contributed by atoms with Crippen molar-refractivity contribution < 1.29 is 4.79 Å². The van der Waals surface area contributed by atoms with Crippen LogP contribution >= 0.6 is 0 Å². The highest BCUT2D eigenvalue weighted by molar-refractivity contribution is 5.75. The number of nitrogens with one attached hydrogen (secondary N) is 1. The molecule has 4 aromatic rings. The van der Waals surface area contributed by atoms with Crippen molar-refractivity contribution in [1.82, 2.24) is 25.5 Å². The second-order valence-corrected chi connectivity index (χ2v) is 7.34. The van der Waals surface area contributed by atoms with Gasteiger partial charge in [-0.3, -0.25) is 4.79 Å². The van der Waals surface area contributed by atoms with Gasteiger partial charge in [-0.1, -0.05) is 97.9 Å². The summed E-state index contributed by atoms with van der Waals surface area (Å²) in [5.74, 6) is 0.572. The highest BCUT2D eigenvalue weighted by Crippen LogP contribution is 2.40. The molecular formula is C25H25N5O. The zero-order chi connectivity index (χ0) is 21.5. The number of tetrazole rings is 1. The molecule has 0 atom stereocenters. The highest BCUT2D eigenvalue weighted by Gasteiger charge is 2.41. The van der Waals surface area contributed by atoms with Gasteiger partial charge in [0.2, 0.25) is 5.91 Å². The van der Waals surface area contributed by atoms with Crippen LogP contribution in [-0.4, -0.2) is 26.1 Å². The SMILES string of the molecule is CCCC(=O)NCc1nnnn1C(c1ccccc1)(c1ccccc1)c1ccccc1. The predicted octanol–water partition coefficient (Wildman–Crippen LogP) is 3.93. The molecule has 0 bridgehead atoms. The van der Waals surface area contributed by atoms with Gasteiger partial charge in [0.05, 0.1) is 6.54 Å². The minimum atomic E-state index is -0.794. The zero-order valence-corrected chi connectivity index (χ0v) is 17.5. The van der Waals surface area contributed by atoms with E-state index in [9.17, 15) is 4.79 Å². The maximum atomic E-state index is 12.1. The number of amides is 1. The van der Waals surface area contributed by atoms with Gasteiger partial charge in [-0.25, -0.2) is 4.68 Å². The Morgan fingerprint density at radius 3 is 1.77 bits per heavy atom. The van der Waals surface area contributed by atoms with Gasteiger partial charge in [0.1, 0.15) is 5.54 Å². The molecule has 6 nitrogen and oxygen atoms in total. The molecule has 0 radical (unpaired) electrons. The molecule has 0 aliphatic rings. The molecule has 3 aromatic carbocycles. The number of benzene rings is 3. The second kappa shape index (κ2) is 9.34. The molecule has 0 saturated carbocycles. The summed E-state index contributed by atoms with van der Waals surface area (Å²) in [4.78, 5) is 12.1. The summed E-state index contributed by atoms with van der Waals surface area (Å²) in [6.07, 6.45) is 1.27. The molecule has 4 rings (SSSR count). The van der Waals surface area contributed by atoms with Crippen molar-refractivity contribution in [1.29, 1.82) is 0 Å². The highest BCUT2D eigenvalue weighted by atomic mass is 16.1. The summed E-state index contributed by atoms with van der Waals surface area (Å²) >= 11 is 0. The Hall–Kier alpha value is -3.80. The number of aromatic nitrogens is 4. The third-order valence-corrected chi connectivity index (χ3v) is 5.35. The molecule has 0 saturated heterocycles. The molecule has 0 spiro atoms.